The van der Waals surface area contributed by atoms with Crippen LogP contribution in [-0.2, 0) is 43.2 Å². The maximum absolute atomic E-state index is 14.4. The molecule has 5 atom stereocenters. The summed E-state index contributed by atoms with van der Waals surface area (Å²) in [5.74, 6) is 0.764. The van der Waals surface area contributed by atoms with Gasteiger partial charge in [-0.05, 0) is 81.7 Å². The number of amides is 2. The lowest BCUT2D eigenvalue weighted by molar-refractivity contribution is -0.171. The summed E-state index contributed by atoms with van der Waals surface area (Å²) in [7, 11) is 3.91. The zero-order valence-corrected chi connectivity index (χ0v) is 37.1. The van der Waals surface area contributed by atoms with Crippen molar-refractivity contribution < 1.29 is 23.9 Å². The maximum Gasteiger partial charge on any atom is 0.325 e. The molecule has 5 fully saturated rings. The van der Waals surface area contributed by atoms with E-state index in [2.05, 4.69) is 103 Å². The van der Waals surface area contributed by atoms with E-state index in [-0.39, 0.29) is 66.6 Å². The second kappa shape index (κ2) is 15.8. The van der Waals surface area contributed by atoms with Gasteiger partial charge < -0.3 is 29.2 Å². The van der Waals surface area contributed by atoms with Crippen LogP contribution in [0.5, 0.6) is 0 Å². The van der Waals surface area contributed by atoms with Gasteiger partial charge in [0.1, 0.15) is 17.9 Å². The Morgan fingerprint density at radius 1 is 1.12 bits per heavy atom. The average Bonchev–Trinajstić information content (AvgIpc) is 3.50. The Hall–Kier alpha value is -4.37. The van der Waals surface area contributed by atoms with Crippen molar-refractivity contribution in [1.29, 1.82) is 0 Å². The van der Waals surface area contributed by atoms with E-state index in [1.807, 2.05) is 6.20 Å². The van der Waals surface area contributed by atoms with Crippen molar-refractivity contribution in [2.45, 2.75) is 98.0 Å². The smallest absolute Gasteiger partial charge is 0.325 e. The Bertz CT molecular complexity index is 2300. The molecule has 0 spiro atoms. The summed E-state index contributed by atoms with van der Waals surface area (Å²) in [6.07, 6.45) is 4.11. The molecule has 13 nitrogen and oxygen atoms in total. The van der Waals surface area contributed by atoms with E-state index < -0.39 is 17.5 Å². The molecule has 6 aliphatic rings. The second-order valence-corrected chi connectivity index (χ2v) is 19.8. The lowest BCUT2D eigenvalue weighted by Gasteiger charge is -2.53. The van der Waals surface area contributed by atoms with Crippen LogP contribution in [0.25, 0.3) is 33.4 Å². The molecule has 3 aromatic heterocycles. The number of piperazine rings is 1. The number of esters is 1. The van der Waals surface area contributed by atoms with Gasteiger partial charge in [0.05, 0.1) is 29.1 Å². The highest BCUT2D eigenvalue weighted by Crippen LogP contribution is 2.46. The van der Waals surface area contributed by atoms with E-state index in [4.69, 9.17) is 19.4 Å². The largest absolute Gasteiger partial charge is 0.464 e. The number of carbonyl (C=O) groups is 3. The van der Waals surface area contributed by atoms with E-state index >= 15 is 0 Å². The third-order valence-electron chi connectivity index (χ3n) is 14.3. The first-order valence-electron chi connectivity index (χ1n) is 21.9. The molecule has 3 saturated heterocycles. The van der Waals surface area contributed by atoms with Crippen molar-refractivity contribution in [2.24, 2.45) is 29.1 Å². The van der Waals surface area contributed by atoms with Gasteiger partial charge in [0.25, 0.3) is 5.91 Å². The van der Waals surface area contributed by atoms with E-state index in [9.17, 15) is 14.4 Å². The minimum absolute atomic E-state index is 0.0412. The number of hydrogen-bond donors (Lipinski definition) is 2. The first kappa shape index (κ1) is 41.0. The summed E-state index contributed by atoms with van der Waals surface area (Å²) in [6.45, 7) is 17.4. The third kappa shape index (κ3) is 7.41. The molecule has 320 valence electrons. The fourth-order valence-corrected chi connectivity index (χ4v) is 10.9. The van der Waals surface area contributed by atoms with Crippen molar-refractivity contribution in [3.05, 3.63) is 52.0 Å². The number of cyclic esters (lactones) is 1. The number of benzene rings is 1. The number of ether oxygens (including phenoxy) is 2. The van der Waals surface area contributed by atoms with Crippen LogP contribution in [0.4, 0.5) is 5.82 Å². The van der Waals surface area contributed by atoms with Crippen molar-refractivity contribution >= 4 is 45.8 Å². The highest BCUT2D eigenvalue weighted by atomic mass is 32.1. The lowest BCUT2D eigenvalue weighted by Crippen LogP contribution is -2.71. The molecular formula is C46H60N8O5S. The van der Waals surface area contributed by atoms with Crippen molar-refractivity contribution in [1.82, 2.24) is 35.2 Å². The van der Waals surface area contributed by atoms with Crippen LogP contribution in [0, 0.1) is 29.1 Å². The number of pyridine rings is 1. The van der Waals surface area contributed by atoms with Crippen LogP contribution < -0.4 is 15.6 Å². The number of anilines is 1. The minimum Gasteiger partial charge on any atom is -0.464 e. The number of nitrogens with one attached hydrogen (secondary N) is 2. The van der Waals surface area contributed by atoms with Gasteiger partial charge in [-0.2, -0.15) is 0 Å². The van der Waals surface area contributed by atoms with Gasteiger partial charge in [-0.25, -0.2) is 15.4 Å². The van der Waals surface area contributed by atoms with Crippen molar-refractivity contribution in [2.75, 3.05) is 51.8 Å². The van der Waals surface area contributed by atoms with Gasteiger partial charge in [0.15, 0.2) is 0 Å². The van der Waals surface area contributed by atoms with Crippen LogP contribution in [0.15, 0.2) is 35.8 Å². The number of nitrogens with zero attached hydrogens (tertiary/aromatic N) is 6. The number of carbonyl (C=O) groups excluding carboxylic acids is 3. The van der Waals surface area contributed by atoms with E-state index in [1.165, 1.54) is 16.9 Å². The Balaban J connectivity index is 1.17. The molecule has 1 aromatic carbocycles. The predicted molar refractivity (Wildman–Crippen MR) is 233 cm³/mol. The van der Waals surface area contributed by atoms with Crippen LogP contribution in [0.2, 0.25) is 0 Å². The molecule has 14 heteroatoms. The van der Waals surface area contributed by atoms with Gasteiger partial charge in [-0.1, -0.05) is 33.8 Å². The van der Waals surface area contributed by atoms with E-state index in [0.717, 1.165) is 82.5 Å². The number of rotatable bonds is 7. The molecule has 7 heterocycles. The Kier molecular flexibility index (Phi) is 10.8. The normalized spacial score (nSPS) is 28.5. The summed E-state index contributed by atoms with van der Waals surface area (Å²) < 4.78 is 14.7. The molecule has 0 radical (unpaired) electrons. The number of aryl methyl sites for hydroxylation is 1. The number of likely N-dealkylation sites (N-methyl/N-ethyl adjacent to an activating group) is 1. The summed E-state index contributed by atoms with van der Waals surface area (Å²) in [5.41, 5.74) is 10.1. The van der Waals surface area contributed by atoms with Gasteiger partial charge >= 0.3 is 5.97 Å². The Morgan fingerprint density at radius 2 is 1.87 bits per heavy atom. The van der Waals surface area contributed by atoms with Crippen LogP contribution in [0.1, 0.15) is 76.6 Å². The standard InChI is InChI=1S/C46H60N8O5S/c1-9-53-37-11-10-28-18-31(37)33(42(53)32-19-38(47-22-34(32)27(4)58-8)52-14-12-51(7)13-15-52)21-46(5,6)24-59-45(57)41-29-16-30(17-29)54(50-41)44(56)35(20-39-48-36(28)23-60-39)49-43(55)40-25(2)26(40)3/h10-11,18-19,22-23,25-27,29-30,35,40-41,50H,9,12-17,20-21,24H2,1-8H3,(H,49,55). The third-order valence-corrected chi connectivity index (χ3v) is 15.1. The molecule has 2 N–H and O–H groups in total. The lowest BCUT2D eigenvalue weighted by atomic mass is 9.73. The number of hydrogen-bond acceptors (Lipinski definition) is 11. The molecule has 8 bridgehead atoms. The predicted octanol–water partition coefficient (Wildman–Crippen LogP) is 5.85. The fourth-order valence-electron chi connectivity index (χ4n) is 10.1. The first-order chi connectivity index (χ1) is 28.7. The van der Waals surface area contributed by atoms with Gasteiger partial charge in [-0.3, -0.25) is 19.4 Å². The number of aromatic nitrogens is 3. The molecule has 5 unspecified atom stereocenters. The zero-order valence-electron chi connectivity index (χ0n) is 36.3. The highest BCUT2D eigenvalue weighted by molar-refractivity contribution is 7.10. The van der Waals surface area contributed by atoms with Gasteiger partial charge in [-0.15, -0.1) is 11.3 Å². The quantitative estimate of drug-likeness (QED) is 0.219. The summed E-state index contributed by atoms with van der Waals surface area (Å²) >= 11 is 1.51. The molecule has 10 rings (SSSR count). The molecule has 2 saturated carbocycles. The Labute approximate surface area is 357 Å². The minimum atomic E-state index is -0.828. The number of hydrazine groups is 1. The summed E-state index contributed by atoms with van der Waals surface area (Å²) in [5, 5.41) is 8.68. The van der Waals surface area contributed by atoms with E-state index in [1.54, 1.807) is 12.1 Å². The van der Waals surface area contributed by atoms with Gasteiger partial charge in [0.2, 0.25) is 5.91 Å². The highest BCUT2D eigenvalue weighted by Gasteiger charge is 2.53. The van der Waals surface area contributed by atoms with Gasteiger partial charge in [0, 0.05) is 103 Å². The Morgan fingerprint density at radius 3 is 2.57 bits per heavy atom. The second-order valence-electron chi connectivity index (χ2n) is 18.9. The monoisotopic (exact) mass is 836 g/mol. The number of methoxy groups -OCH3 is 1. The summed E-state index contributed by atoms with van der Waals surface area (Å²) in [4.78, 5) is 56.9. The molecular weight excluding hydrogens is 777 g/mol. The SMILES string of the molecule is CCn1c(-c2cc(N3CCN(C)CC3)ncc2C(C)OC)c2c3cc(ccc31)-c1csc(n1)CC(NC(=O)C1C(C)C1C)C(=O)N1NC(C(=O)OCC(C)(C)C2)C2CC1C2. The topological polar surface area (TPSA) is 134 Å². The fraction of sp³-hybridized carbons (Fsp3) is 0.587. The number of fused-ring (bicyclic) bond motifs is 4. The molecule has 2 amide bonds. The van der Waals surface area contributed by atoms with Crippen molar-refractivity contribution in [3.63, 3.8) is 0 Å². The molecule has 4 aromatic rings. The van der Waals surface area contributed by atoms with Crippen LogP contribution >= 0.6 is 11.3 Å². The molecule has 60 heavy (non-hydrogen) atoms. The zero-order chi connectivity index (χ0) is 42.2. The van der Waals surface area contributed by atoms with Crippen molar-refractivity contribution in [3.8, 4) is 22.5 Å². The van der Waals surface area contributed by atoms with Crippen LogP contribution in [0.3, 0.4) is 0 Å². The van der Waals surface area contributed by atoms with Crippen LogP contribution in [-0.4, -0.2) is 107 Å². The maximum atomic E-state index is 14.4. The number of thiazole rings is 1. The first-order valence-corrected chi connectivity index (χ1v) is 22.8. The summed E-state index contributed by atoms with van der Waals surface area (Å²) in [6, 6.07) is 7.32. The average molecular weight is 837 g/mol. The molecule has 2 aliphatic carbocycles. The van der Waals surface area contributed by atoms with E-state index in [0.29, 0.717) is 19.3 Å². The molecule has 4 aliphatic heterocycles.